The predicted molar refractivity (Wildman–Crippen MR) is 78.9 cm³/mol. The number of anilines is 1. The molecule has 3 heteroatoms. The van der Waals surface area contributed by atoms with Gasteiger partial charge in [0, 0.05) is 19.1 Å². The first kappa shape index (κ1) is 14.3. The molecule has 106 valence electrons. The number of halogens is 1. The lowest BCUT2D eigenvalue weighted by atomic mass is 9.95. The molecule has 0 spiro atoms. The molecule has 1 aromatic carbocycles. The standard InChI is InChI=1S/C16H25FN2/c1-11(2)14-6-7-19(10-14)16-5-4-13(8-12(3)18)9-15(16)17/h4-5,9,11-12,14H,6-8,10,18H2,1-3H3. The van der Waals surface area contributed by atoms with Crippen LogP contribution < -0.4 is 10.6 Å². The van der Waals surface area contributed by atoms with E-state index in [0.29, 0.717) is 11.8 Å². The molecule has 2 atom stereocenters. The van der Waals surface area contributed by atoms with Gasteiger partial charge in [-0.25, -0.2) is 4.39 Å². The Bertz CT molecular complexity index is 429. The van der Waals surface area contributed by atoms with Crippen molar-refractivity contribution in [2.75, 3.05) is 18.0 Å². The highest BCUT2D eigenvalue weighted by molar-refractivity contribution is 5.50. The fourth-order valence-corrected chi connectivity index (χ4v) is 2.86. The zero-order chi connectivity index (χ0) is 14.0. The number of benzene rings is 1. The molecule has 2 nitrogen and oxygen atoms in total. The van der Waals surface area contributed by atoms with E-state index in [-0.39, 0.29) is 11.9 Å². The second-order valence-corrected chi connectivity index (χ2v) is 6.21. The lowest BCUT2D eigenvalue weighted by molar-refractivity contribution is 0.422. The van der Waals surface area contributed by atoms with E-state index in [4.69, 9.17) is 5.73 Å². The van der Waals surface area contributed by atoms with E-state index in [1.165, 1.54) is 6.42 Å². The van der Waals surface area contributed by atoms with Crippen LogP contribution in [0.3, 0.4) is 0 Å². The molecule has 19 heavy (non-hydrogen) atoms. The summed E-state index contributed by atoms with van der Waals surface area (Å²) in [6, 6.07) is 5.63. The predicted octanol–water partition coefficient (Wildman–Crippen LogP) is 3.20. The molecule has 0 aliphatic carbocycles. The number of hydrogen-bond acceptors (Lipinski definition) is 2. The zero-order valence-corrected chi connectivity index (χ0v) is 12.2. The molecule has 2 N–H and O–H groups in total. The van der Waals surface area contributed by atoms with Crippen molar-refractivity contribution in [3.63, 3.8) is 0 Å². The Morgan fingerprint density at radius 2 is 2.11 bits per heavy atom. The van der Waals surface area contributed by atoms with Crippen LogP contribution in [0.2, 0.25) is 0 Å². The Morgan fingerprint density at radius 1 is 1.37 bits per heavy atom. The van der Waals surface area contributed by atoms with Gasteiger partial charge in [-0.15, -0.1) is 0 Å². The van der Waals surface area contributed by atoms with Gasteiger partial charge in [-0.1, -0.05) is 19.9 Å². The first-order valence-electron chi connectivity index (χ1n) is 7.26. The fourth-order valence-electron chi connectivity index (χ4n) is 2.86. The van der Waals surface area contributed by atoms with Crippen LogP contribution in [0.25, 0.3) is 0 Å². The molecule has 0 saturated carbocycles. The van der Waals surface area contributed by atoms with Crippen molar-refractivity contribution in [2.45, 2.75) is 39.7 Å². The second-order valence-electron chi connectivity index (χ2n) is 6.21. The summed E-state index contributed by atoms with van der Waals surface area (Å²) in [4.78, 5) is 2.18. The van der Waals surface area contributed by atoms with Gasteiger partial charge >= 0.3 is 0 Å². The lowest BCUT2D eigenvalue weighted by Gasteiger charge is -2.21. The van der Waals surface area contributed by atoms with Crippen LogP contribution in [-0.2, 0) is 6.42 Å². The molecule has 0 radical (unpaired) electrons. The lowest BCUT2D eigenvalue weighted by Crippen LogP contribution is -2.22. The molecular formula is C16H25FN2. The Morgan fingerprint density at radius 3 is 2.63 bits per heavy atom. The largest absolute Gasteiger partial charge is 0.369 e. The summed E-state index contributed by atoms with van der Waals surface area (Å²) in [7, 11) is 0. The highest BCUT2D eigenvalue weighted by Gasteiger charge is 2.26. The summed E-state index contributed by atoms with van der Waals surface area (Å²) >= 11 is 0. The topological polar surface area (TPSA) is 29.3 Å². The SMILES string of the molecule is CC(N)Cc1ccc(N2CCC(C(C)C)C2)c(F)c1. The van der Waals surface area contributed by atoms with Gasteiger partial charge in [-0.05, 0) is 49.3 Å². The number of rotatable bonds is 4. The van der Waals surface area contributed by atoms with E-state index in [1.807, 2.05) is 19.1 Å². The summed E-state index contributed by atoms with van der Waals surface area (Å²) in [6.07, 6.45) is 1.89. The maximum atomic E-state index is 14.2. The zero-order valence-electron chi connectivity index (χ0n) is 12.2. The minimum absolute atomic E-state index is 0.0716. The summed E-state index contributed by atoms with van der Waals surface area (Å²) < 4.78 is 14.2. The second kappa shape index (κ2) is 5.91. The quantitative estimate of drug-likeness (QED) is 0.905. The Kier molecular flexibility index (Phi) is 4.46. The van der Waals surface area contributed by atoms with E-state index in [0.717, 1.165) is 30.8 Å². The van der Waals surface area contributed by atoms with Gasteiger partial charge in [0.05, 0.1) is 5.69 Å². The third-order valence-corrected chi connectivity index (χ3v) is 4.08. The van der Waals surface area contributed by atoms with Gasteiger partial charge in [-0.3, -0.25) is 0 Å². The monoisotopic (exact) mass is 264 g/mol. The van der Waals surface area contributed by atoms with Gasteiger partial charge in [0.1, 0.15) is 5.82 Å². The van der Waals surface area contributed by atoms with Gasteiger partial charge in [0.15, 0.2) is 0 Å². The third kappa shape index (κ3) is 3.47. The molecule has 1 aliphatic rings. The van der Waals surface area contributed by atoms with Gasteiger partial charge in [0.2, 0.25) is 0 Å². The van der Waals surface area contributed by atoms with Crippen LogP contribution in [0, 0.1) is 17.7 Å². The van der Waals surface area contributed by atoms with Gasteiger partial charge < -0.3 is 10.6 Å². The summed E-state index contributed by atoms with van der Waals surface area (Å²) in [5.74, 6) is 1.25. The number of nitrogens with two attached hydrogens (primary N) is 1. The van der Waals surface area contributed by atoms with Crippen LogP contribution >= 0.6 is 0 Å². The summed E-state index contributed by atoms with van der Waals surface area (Å²) in [5, 5.41) is 0. The van der Waals surface area contributed by atoms with E-state index >= 15 is 0 Å². The molecule has 2 rings (SSSR count). The average molecular weight is 264 g/mol. The maximum Gasteiger partial charge on any atom is 0.146 e. The van der Waals surface area contributed by atoms with Crippen LogP contribution in [0.4, 0.5) is 10.1 Å². The van der Waals surface area contributed by atoms with Crippen LogP contribution in [0.1, 0.15) is 32.8 Å². The van der Waals surface area contributed by atoms with Crippen molar-refractivity contribution >= 4 is 5.69 Å². The molecule has 1 aromatic rings. The molecule has 0 aromatic heterocycles. The Hall–Kier alpha value is -1.09. The molecule has 1 aliphatic heterocycles. The molecule has 0 bridgehead atoms. The third-order valence-electron chi connectivity index (χ3n) is 4.08. The van der Waals surface area contributed by atoms with Gasteiger partial charge in [-0.2, -0.15) is 0 Å². The van der Waals surface area contributed by atoms with Crippen molar-refractivity contribution in [3.05, 3.63) is 29.6 Å². The summed E-state index contributed by atoms with van der Waals surface area (Å²) in [5.41, 5.74) is 7.48. The normalized spacial score (nSPS) is 21.2. The van der Waals surface area contributed by atoms with Crippen LogP contribution in [-0.4, -0.2) is 19.1 Å². The van der Waals surface area contributed by atoms with Crippen LogP contribution in [0.5, 0.6) is 0 Å². The number of nitrogens with zero attached hydrogens (tertiary/aromatic N) is 1. The minimum atomic E-state index is -0.109. The van der Waals surface area contributed by atoms with Crippen molar-refractivity contribution in [1.29, 1.82) is 0 Å². The Balaban J connectivity index is 2.09. The van der Waals surface area contributed by atoms with E-state index in [9.17, 15) is 4.39 Å². The molecule has 0 amide bonds. The molecule has 2 unspecified atom stereocenters. The average Bonchev–Trinajstić information content (AvgIpc) is 2.77. The summed E-state index contributed by atoms with van der Waals surface area (Å²) in [6.45, 7) is 8.37. The van der Waals surface area contributed by atoms with Crippen molar-refractivity contribution in [3.8, 4) is 0 Å². The molecular weight excluding hydrogens is 239 g/mol. The highest BCUT2D eigenvalue weighted by atomic mass is 19.1. The maximum absolute atomic E-state index is 14.2. The molecule has 1 saturated heterocycles. The van der Waals surface area contributed by atoms with E-state index in [1.54, 1.807) is 6.07 Å². The smallest absolute Gasteiger partial charge is 0.146 e. The first-order chi connectivity index (χ1) is 8.97. The highest BCUT2D eigenvalue weighted by Crippen LogP contribution is 2.30. The van der Waals surface area contributed by atoms with Crippen molar-refractivity contribution < 1.29 is 4.39 Å². The van der Waals surface area contributed by atoms with Crippen molar-refractivity contribution in [1.82, 2.24) is 0 Å². The molecule has 1 fully saturated rings. The van der Waals surface area contributed by atoms with E-state index in [2.05, 4.69) is 18.7 Å². The first-order valence-corrected chi connectivity index (χ1v) is 7.26. The van der Waals surface area contributed by atoms with E-state index < -0.39 is 0 Å². The number of hydrogen-bond donors (Lipinski definition) is 1. The van der Waals surface area contributed by atoms with Crippen LogP contribution in [0.15, 0.2) is 18.2 Å². The van der Waals surface area contributed by atoms with Gasteiger partial charge in [0.25, 0.3) is 0 Å². The Labute approximate surface area is 115 Å². The minimum Gasteiger partial charge on any atom is -0.369 e. The van der Waals surface area contributed by atoms with Crippen molar-refractivity contribution in [2.24, 2.45) is 17.6 Å². The molecule has 1 heterocycles. The fraction of sp³-hybridized carbons (Fsp3) is 0.625.